The highest BCUT2D eigenvalue weighted by molar-refractivity contribution is 7.17. The number of anilines is 1. The molecule has 0 saturated carbocycles. The molecule has 0 aromatic carbocycles. The molecule has 0 radical (unpaired) electrons. The molecule has 3 aromatic rings. The van der Waals surface area contributed by atoms with Crippen molar-refractivity contribution < 1.29 is 9.90 Å². The summed E-state index contributed by atoms with van der Waals surface area (Å²) in [5, 5.41) is 13.4. The fraction of sp³-hybridized carbons (Fsp3) is 0.154. The lowest BCUT2D eigenvalue weighted by molar-refractivity contribution is 0.102. The highest BCUT2D eigenvalue weighted by Crippen LogP contribution is 2.21. The van der Waals surface area contributed by atoms with Gasteiger partial charge in [0.1, 0.15) is 11.2 Å². The van der Waals surface area contributed by atoms with Gasteiger partial charge >= 0.3 is 0 Å². The molecule has 0 aliphatic rings. The molecule has 0 aliphatic heterocycles. The molecule has 0 atom stereocenters. The molecule has 9 heteroatoms. The second-order valence-corrected chi connectivity index (χ2v) is 5.24. The van der Waals surface area contributed by atoms with Crippen LogP contribution >= 0.6 is 11.3 Å². The van der Waals surface area contributed by atoms with E-state index < -0.39 is 5.91 Å². The Balaban J connectivity index is 2.02. The number of carbonyl (C=O) groups is 1. The monoisotopic (exact) mass is 317 g/mol. The summed E-state index contributed by atoms with van der Waals surface area (Å²) in [6, 6.07) is 0. The Bertz CT molecular complexity index is 874. The standard InChI is InChI=1S/C13H11N5O3S/c19-2-1-18-7-16-12-10(13(18)21)9(5-22-12)11(20)17-8-3-14-6-15-4-8/h3-7,19H,1-2H2,(H,17,20). The van der Waals surface area contributed by atoms with Crippen LogP contribution in [0.5, 0.6) is 0 Å². The zero-order valence-electron chi connectivity index (χ0n) is 11.3. The number of hydrogen-bond donors (Lipinski definition) is 2. The lowest BCUT2D eigenvalue weighted by Gasteiger charge is -2.05. The number of aliphatic hydroxyl groups is 1. The Kier molecular flexibility index (Phi) is 3.90. The van der Waals surface area contributed by atoms with E-state index in [1.165, 1.54) is 41.0 Å². The topological polar surface area (TPSA) is 110 Å². The maximum atomic E-state index is 12.4. The van der Waals surface area contributed by atoms with Gasteiger partial charge in [0.2, 0.25) is 0 Å². The van der Waals surface area contributed by atoms with Gasteiger partial charge in [-0.3, -0.25) is 14.2 Å². The third-order valence-electron chi connectivity index (χ3n) is 2.96. The number of aromatic nitrogens is 4. The third kappa shape index (κ3) is 2.59. The average molecular weight is 317 g/mol. The fourth-order valence-corrected chi connectivity index (χ4v) is 2.84. The minimum Gasteiger partial charge on any atom is -0.395 e. The molecule has 0 spiro atoms. The molecule has 8 nitrogen and oxygen atoms in total. The average Bonchev–Trinajstić information content (AvgIpc) is 2.96. The van der Waals surface area contributed by atoms with E-state index in [2.05, 4.69) is 20.3 Å². The van der Waals surface area contributed by atoms with Crippen LogP contribution in [0.3, 0.4) is 0 Å². The molecular weight excluding hydrogens is 306 g/mol. The van der Waals surface area contributed by atoms with Gasteiger partial charge in [-0.25, -0.2) is 15.0 Å². The summed E-state index contributed by atoms with van der Waals surface area (Å²) in [7, 11) is 0. The first-order valence-electron chi connectivity index (χ1n) is 6.34. The van der Waals surface area contributed by atoms with Crippen LogP contribution in [0.1, 0.15) is 10.4 Å². The van der Waals surface area contributed by atoms with Gasteiger partial charge < -0.3 is 10.4 Å². The Morgan fingerprint density at radius 2 is 2.14 bits per heavy atom. The number of carbonyl (C=O) groups excluding carboxylic acids is 1. The highest BCUT2D eigenvalue weighted by Gasteiger charge is 2.17. The van der Waals surface area contributed by atoms with E-state index in [0.717, 1.165) is 0 Å². The first kappa shape index (κ1) is 14.3. The quantitative estimate of drug-likeness (QED) is 0.725. The molecule has 2 N–H and O–H groups in total. The van der Waals surface area contributed by atoms with Crippen LogP contribution in [0, 0.1) is 0 Å². The van der Waals surface area contributed by atoms with Crippen molar-refractivity contribution in [2.75, 3.05) is 11.9 Å². The highest BCUT2D eigenvalue weighted by atomic mass is 32.1. The molecule has 1 amide bonds. The van der Waals surface area contributed by atoms with Gasteiger partial charge in [0.05, 0.1) is 48.5 Å². The summed E-state index contributed by atoms with van der Waals surface area (Å²) < 4.78 is 1.28. The number of amides is 1. The SMILES string of the molecule is O=C(Nc1cncnc1)c1csc2ncn(CCO)c(=O)c12. The van der Waals surface area contributed by atoms with Crippen LogP contribution in [0.4, 0.5) is 5.69 Å². The van der Waals surface area contributed by atoms with Crippen molar-refractivity contribution in [2.45, 2.75) is 6.54 Å². The van der Waals surface area contributed by atoms with Crippen LogP contribution in [0.2, 0.25) is 0 Å². The number of thiophene rings is 1. The molecule has 3 rings (SSSR count). The number of rotatable bonds is 4. The van der Waals surface area contributed by atoms with Gasteiger partial charge in [0.25, 0.3) is 11.5 Å². The summed E-state index contributed by atoms with van der Waals surface area (Å²) in [6.07, 6.45) is 5.64. The van der Waals surface area contributed by atoms with Crippen LogP contribution < -0.4 is 10.9 Å². The molecule has 0 aliphatic carbocycles. The predicted molar refractivity (Wildman–Crippen MR) is 81.0 cm³/mol. The van der Waals surface area contributed by atoms with Crippen molar-refractivity contribution in [1.29, 1.82) is 0 Å². The van der Waals surface area contributed by atoms with Gasteiger partial charge in [-0.05, 0) is 0 Å². The molecule has 3 aromatic heterocycles. The minimum atomic E-state index is -0.429. The number of fused-ring (bicyclic) bond motifs is 1. The van der Waals surface area contributed by atoms with Crippen LogP contribution in [0.15, 0.2) is 35.2 Å². The largest absolute Gasteiger partial charge is 0.395 e. The Morgan fingerprint density at radius 3 is 2.86 bits per heavy atom. The second kappa shape index (κ2) is 6.00. The molecular formula is C13H11N5O3S. The zero-order chi connectivity index (χ0) is 15.5. The number of aliphatic hydroxyl groups excluding tert-OH is 1. The maximum absolute atomic E-state index is 12.4. The normalized spacial score (nSPS) is 10.8. The molecule has 22 heavy (non-hydrogen) atoms. The van der Waals surface area contributed by atoms with Crippen LogP contribution in [-0.4, -0.2) is 37.1 Å². The van der Waals surface area contributed by atoms with Gasteiger partial charge in [0, 0.05) is 5.38 Å². The van der Waals surface area contributed by atoms with Gasteiger partial charge in [-0.15, -0.1) is 11.3 Å². The van der Waals surface area contributed by atoms with Crippen molar-refractivity contribution in [2.24, 2.45) is 0 Å². The Morgan fingerprint density at radius 1 is 1.36 bits per heavy atom. The van der Waals surface area contributed by atoms with Crippen molar-refractivity contribution in [3.63, 3.8) is 0 Å². The van der Waals surface area contributed by atoms with E-state index in [-0.39, 0.29) is 29.7 Å². The fourth-order valence-electron chi connectivity index (χ4n) is 1.96. The van der Waals surface area contributed by atoms with E-state index in [0.29, 0.717) is 10.5 Å². The summed E-state index contributed by atoms with van der Waals surface area (Å²) in [6.45, 7) is -0.0503. The van der Waals surface area contributed by atoms with Gasteiger partial charge in [-0.1, -0.05) is 0 Å². The van der Waals surface area contributed by atoms with E-state index >= 15 is 0 Å². The lowest BCUT2D eigenvalue weighted by atomic mass is 10.2. The van der Waals surface area contributed by atoms with E-state index in [4.69, 9.17) is 5.11 Å². The molecule has 0 saturated heterocycles. The smallest absolute Gasteiger partial charge is 0.262 e. The summed E-state index contributed by atoms with van der Waals surface area (Å²) in [5.74, 6) is -0.429. The minimum absolute atomic E-state index is 0.130. The number of nitrogens with zero attached hydrogens (tertiary/aromatic N) is 4. The second-order valence-electron chi connectivity index (χ2n) is 4.38. The first-order valence-corrected chi connectivity index (χ1v) is 7.22. The van der Waals surface area contributed by atoms with Crippen molar-refractivity contribution >= 4 is 33.1 Å². The Hall–Kier alpha value is -2.65. The Labute approximate surface area is 128 Å². The third-order valence-corrected chi connectivity index (χ3v) is 3.85. The van der Waals surface area contributed by atoms with Gasteiger partial charge in [0.15, 0.2) is 0 Å². The molecule has 0 bridgehead atoms. The van der Waals surface area contributed by atoms with E-state index in [1.807, 2.05) is 0 Å². The van der Waals surface area contributed by atoms with Crippen molar-refractivity contribution in [3.8, 4) is 0 Å². The predicted octanol–water partition coefficient (Wildman–Crippen LogP) is 0.493. The summed E-state index contributed by atoms with van der Waals surface area (Å²) in [4.78, 5) is 36.9. The van der Waals surface area contributed by atoms with Crippen LogP contribution in [-0.2, 0) is 6.54 Å². The lowest BCUT2D eigenvalue weighted by Crippen LogP contribution is -2.23. The maximum Gasteiger partial charge on any atom is 0.262 e. The number of nitrogens with one attached hydrogen (secondary N) is 1. The summed E-state index contributed by atoms with van der Waals surface area (Å²) in [5.41, 5.74) is 0.329. The molecule has 112 valence electrons. The first-order chi connectivity index (χ1) is 10.7. The van der Waals surface area contributed by atoms with Crippen molar-refractivity contribution in [1.82, 2.24) is 19.5 Å². The van der Waals surface area contributed by atoms with Gasteiger partial charge in [-0.2, -0.15) is 0 Å². The number of hydrogen-bond acceptors (Lipinski definition) is 7. The zero-order valence-corrected chi connectivity index (χ0v) is 12.1. The van der Waals surface area contributed by atoms with Crippen molar-refractivity contribution in [3.05, 3.63) is 46.3 Å². The van der Waals surface area contributed by atoms with E-state index in [1.54, 1.807) is 5.38 Å². The molecule has 0 unspecified atom stereocenters. The molecule has 3 heterocycles. The van der Waals surface area contributed by atoms with E-state index in [9.17, 15) is 9.59 Å². The summed E-state index contributed by atoms with van der Waals surface area (Å²) >= 11 is 1.21. The molecule has 0 fully saturated rings. The van der Waals surface area contributed by atoms with Crippen LogP contribution in [0.25, 0.3) is 10.2 Å².